The molecule has 0 aromatic heterocycles. The Balaban J connectivity index is 0.000000640. The molecule has 0 atom stereocenters. The summed E-state index contributed by atoms with van der Waals surface area (Å²) in [7, 11) is 0. The largest absolute Gasteiger partial charge is 0.412 e. The van der Waals surface area contributed by atoms with Gasteiger partial charge in [-0.1, -0.05) is 48.6 Å². The van der Waals surface area contributed by atoms with E-state index in [4.69, 9.17) is 0 Å². The molecule has 0 saturated heterocycles. The van der Waals surface area contributed by atoms with Gasteiger partial charge in [0.2, 0.25) is 0 Å². The fourth-order valence-corrected chi connectivity index (χ4v) is 0.513. The van der Waals surface area contributed by atoms with Gasteiger partial charge in [0.25, 0.3) is 0 Å². The molecule has 0 unspecified atom stereocenters. The summed E-state index contributed by atoms with van der Waals surface area (Å²) in [6.45, 7) is 0. The lowest BCUT2D eigenvalue weighted by Crippen LogP contribution is -1.55. The molecule has 2 N–H and O–H groups in total. The SMILES string of the molecule is C1=CC=CC=CC=C1.O. The van der Waals surface area contributed by atoms with Gasteiger partial charge in [-0.2, -0.15) is 0 Å². The maximum absolute atomic E-state index is 2.00. The Hall–Kier alpha value is -1.08. The van der Waals surface area contributed by atoms with Gasteiger partial charge in [0, 0.05) is 0 Å². The Morgan fingerprint density at radius 1 is 0.333 bits per heavy atom. The van der Waals surface area contributed by atoms with Crippen LogP contribution in [0.2, 0.25) is 0 Å². The highest BCUT2D eigenvalue weighted by Crippen LogP contribution is 1.87. The number of hydrogen-bond donors (Lipinski definition) is 0. The molecule has 0 saturated carbocycles. The zero-order chi connectivity index (χ0) is 5.66. The van der Waals surface area contributed by atoms with Crippen LogP contribution in [-0.4, -0.2) is 5.48 Å². The first-order valence-corrected chi connectivity index (χ1v) is 2.67. The summed E-state index contributed by atoms with van der Waals surface area (Å²) in [4.78, 5) is 0. The molecule has 0 spiro atoms. The third kappa shape index (κ3) is 3.50. The van der Waals surface area contributed by atoms with Crippen LogP contribution in [0.25, 0.3) is 0 Å². The van der Waals surface area contributed by atoms with Crippen molar-refractivity contribution in [1.29, 1.82) is 0 Å². The zero-order valence-corrected chi connectivity index (χ0v) is 5.12. The van der Waals surface area contributed by atoms with Crippen LogP contribution in [0.1, 0.15) is 0 Å². The summed E-state index contributed by atoms with van der Waals surface area (Å²) in [6, 6.07) is 0. The van der Waals surface area contributed by atoms with E-state index in [0.717, 1.165) is 0 Å². The normalized spacial score (nSPS) is 14.2. The van der Waals surface area contributed by atoms with Crippen molar-refractivity contribution in [2.75, 3.05) is 0 Å². The van der Waals surface area contributed by atoms with E-state index in [9.17, 15) is 0 Å². The monoisotopic (exact) mass is 122 g/mol. The molecule has 0 radical (unpaired) electrons. The average molecular weight is 122 g/mol. The van der Waals surface area contributed by atoms with Crippen LogP contribution >= 0.6 is 0 Å². The summed E-state index contributed by atoms with van der Waals surface area (Å²) in [5, 5.41) is 0. The summed E-state index contributed by atoms with van der Waals surface area (Å²) >= 11 is 0. The molecule has 1 aliphatic rings. The Bertz CT molecular complexity index is 105. The minimum absolute atomic E-state index is 0. The molecular weight excluding hydrogens is 112 g/mol. The van der Waals surface area contributed by atoms with Crippen LogP contribution in [0.15, 0.2) is 48.6 Å². The minimum atomic E-state index is 0. The van der Waals surface area contributed by atoms with E-state index < -0.39 is 0 Å². The molecule has 48 valence electrons. The van der Waals surface area contributed by atoms with Crippen LogP contribution in [-0.2, 0) is 0 Å². The second-order valence-corrected chi connectivity index (χ2v) is 1.54. The lowest BCUT2D eigenvalue weighted by atomic mass is 10.3. The van der Waals surface area contributed by atoms with Crippen LogP contribution in [0.3, 0.4) is 0 Å². The molecular formula is C8H10O. The first-order chi connectivity index (χ1) is 4.00. The van der Waals surface area contributed by atoms with E-state index in [2.05, 4.69) is 0 Å². The molecule has 1 nitrogen and oxygen atoms in total. The van der Waals surface area contributed by atoms with Crippen molar-refractivity contribution in [3.05, 3.63) is 48.6 Å². The van der Waals surface area contributed by atoms with Gasteiger partial charge in [-0.15, -0.1) is 0 Å². The number of rotatable bonds is 0. The van der Waals surface area contributed by atoms with E-state index in [-0.39, 0.29) is 5.48 Å². The Labute approximate surface area is 55.0 Å². The highest BCUT2D eigenvalue weighted by atomic mass is 16.0. The third-order valence-electron chi connectivity index (χ3n) is 0.889. The van der Waals surface area contributed by atoms with Gasteiger partial charge < -0.3 is 5.48 Å². The summed E-state index contributed by atoms with van der Waals surface area (Å²) in [5.41, 5.74) is 0. The topological polar surface area (TPSA) is 31.5 Å². The molecule has 0 aromatic rings. The molecule has 0 bridgehead atoms. The van der Waals surface area contributed by atoms with Gasteiger partial charge in [-0.25, -0.2) is 0 Å². The van der Waals surface area contributed by atoms with E-state index in [1.807, 2.05) is 48.6 Å². The summed E-state index contributed by atoms with van der Waals surface area (Å²) < 4.78 is 0. The maximum Gasteiger partial charge on any atom is -0.0623 e. The summed E-state index contributed by atoms with van der Waals surface area (Å²) in [6.07, 6.45) is 16.0. The van der Waals surface area contributed by atoms with Crippen molar-refractivity contribution < 1.29 is 5.48 Å². The van der Waals surface area contributed by atoms with E-state index in [0.29, 0.717) is 0 Å². The average Bonchev–Trinajstić information content (AvgIpc) is 1.62. The standard InChI is InChI=1S/C8H8.H2O/c1-2-4-6-8-7-5-3-1;/h1-8H;1H2. The van der Waals surface area contributed by atoms with Crippen molar-refractivity contribution in [1.82, 2.24) is 0 Å². The molecule has 0 aromatic carbocycles. The van der Waals surface area contributed by atoms with Gasteiger partial charge in [0.15, 0.2) is 0 Å². The van der Waals surface area contributed by atoms with Crippen molar-refractivity contribution in [2.24, 2.45) is 0 Å². The molecule has 0 amide bonds. The first kappa shape index (κ1) is 7.92. The molecule has 1 aliphatic carbocycles. The van der Waals surface area contributed by atoms with Crippen molar-refractivity contribution in [3.63, 3.8) is 0 Å². The molecule has 0 heterocycles. The fourth-order valence-electron chi connectivity index (χ4n) is 0.513. The maximum atomic E-state index is 2.00. The predicted molar refractivity (Wildman–Crippen MR) is 40.2 cm³/mol. The highest BCUT2D eigenvalue weighted by Gasteiger charge is 1.65. The molecule has 1 heteroatoms. The third-order valence-corrected chi connectivity index (χ3v) is 0.889. The van der Waals surface area contributed by atoms with Gasteiger partial charge in [-0.05, 0) is 0 Å². The van der Waals surface area contributed by atoms with Crippen LogP contribution < -0.4 is 0 Å². The van der Waals surface area contributed by atoms with Crippen LogP contribution in [0.4, 0.5) is 0 Å². The highest BCUT2D eigenvalue weighted by molar-refractivity contribution is 5.23. The van der Waals surface area contributed by atoms with E-state index >= 15 is 0 Å². The van der Waals surface area contributed by atoms with Gasteiger partial charge in [0.05, 0.1) is 0 Å². The van der Waals surface area contributed by atoms with E-state index in [1.165, 1.54) is 0 Å². The van der Waals surface area contributed by atoms with Gasteiger partial charge >= 0.3 is 0 Å². The fraction of sp³-hybridized carbons (Fsp3) is 0. The molecule has 1 rings (SSSR count). The molecule has 0 aliphatic heterocycles. The Morgan fingerprint density at radius 3 is 0.556 bits per heavy atom. The van der Waals surface area contributed by atoms with Crippen LogP contribution in [0.5, 0.6) is 0 Å². The second kappa shape index (κ2) is 5.06. The summed E-state index contributed by atoms with van der Waals surface area (Å²) in [5.74, 6) is 0. The molecule has 0 fully saturated rings. The van der Waals surface area contributed by atoms with E-state index in [1.54, 1.807) is 0 Å². The number of allylic oxidation sites excluding steroid dienone is 8. The zero-order valence-electron chi connectivity index (χ0n) is 5.12. The van der Waals surface area contributed by atoms with Crippen molar-refractivity contribution >= 4 is 0 Å². The molecule has 9 heavy (non-hydrogen) atoms. The van der Waals surface area contributed by atoms with Crippen LogP contribution in [0, 0.1) is 0 Å². The van der Waals surface area contributed by atoms with Crippen molar-refractivity contribution in [3.8, 4) is 0 Å². The second-order valence-electron chi connectivity index (χ2n) is 1.54. The lowest BCUT2D eigenvalue weighted by molar-refractivity contribution is 0.824. The van der Waals surface area contributed by atoms with Gasteiger partial charge in [0.1, 0.15) is 0 Å². The number of hydrogen-bond acceptors (Lipinski definition) is 0. The predicted octanol–water partition coefficient (Wildman–Crippen LogP) is 1.40. The lowest BCUT2D eigenvalue weighted by Gasteiger charge is -1.77. The van der Waals surface area contributed by atoms with Gasteiger partial charge in [-0.3, -0.25) is 0 Å². The van der Waals surface area contributed by atoms with Crippen molar-refractivity contribution in [2.45, 2.75) is 0 Å². The Kier molecular flexibility index (Phi) is 4.46. The Morgan fingerprint density at radius 2 is 0.444 bits per heavy atom. The first-order valence-electron chi connectivity index (χ1n) is 2.67. The smallest absolute Gasteiger partial charge is 0.0623 e. The quantitative estimate of drug-likeness (QED) is 0.465. The minimum Gasteiger partial charge on any atom is -0.412 e.